The maximum absolute atomic E-state index is 13.3. The summed E-state index contributed by atoms with van der Waals surface area (Å²) in [6.45, 7) is 2.15. The Labute approximate surface area is 203 Å². The minimum atomic E-state index is -0.695. The van der Waals surface area contributed by atoms with Crippen molar-refractivity contribution in [2.75, 3.05) is 12.4 Å². The third-order valence-corrected chi connectivity index (χ3v) is 6.33. The van der Waals surface area contributed by atoms with Crippen LogP contribution in [0.5, 0.6) is 0 Å². The van der Waals surface area contributed by atoms with Crippen LogP contribution in [-0.2, 0) is 22.6 Å². The van der Waals surface area contributed by atoms with Gasteiger partial charge in [-0.05, 0) is 49.2 Å². The first kappa shape index (κ1) is 23.7. The SMILES string of the molecule is COC(=O)CCCn1c(=O)nc(Nc2ccc3nc(C)sc3c2)n(Cc2ccc(Cl)cc2)c1=O. The lowest BCUT2D eigenvalue weighted by molar-refractivity contribution is -0.140. The van der Waals surface area contributed by atoms with Gasteiger partial charge in [0.1, 0.15) is 0 Å². The molecule has 0 fully saturated rings. The zero-order valence-electron chi connectivity index (χ0n) is 18.6. The molecule has 0 aliphatic rings. The maximum atomic E-state index is 13.3. The van der Waals surface area contributed by atoms with E-state index in [0.717, 1.165) is 25.4 Å². The molecule has 34 heavy (non-hydrogen) atoms. The molecule has 2 heterocycles. The number of benzene rings is 2. The Balaban J connectivity index is 1.72. The van der Waals surface area contributed by atoms with E-state index in [1.165, 1.54) is 11.7 Å². The summed E-state index contributed by atoms with van der Waals surface area (Å²) < 4.78 is 8.03. The summed E-state index contributed by atoms with van der Waals surface area (Å²) in [5, 5.41) is 4.64. The fourth-order valence-electron chi connectivity index (χ4n) is 3.46. The van der Waals surface area contributed by atoms with Gasteiger partial charge in [-0.25, -0.2) is 19.1 Å². The summed E-state index contributed by atoms with van der Waals surface area (Å²) in [5.74, 6) is -0.288. The van der Waals surface area contributed by atoms with Gasteiger partial charge < -0.3 is 10.1 Å². The van der Waals surface area contributed by atoms with Crippen LogP contribution in [0.3, 0.4) is 0 Å². The summed E-state index contributed by atoms with van der Waals surface area (Å²) in [6, 6.07) is 12.7. The number of carbonyl (C=O) groups excluding carboxylic acids is 1. The van der Waals surface area contributed by atoms with Crippen LogP contribution in [0.2, 0.25) is 5.02 Å². The molecule has 0 unspecified atom stereocenters. The van der Waals surface area contributed by atoms with Gasteiger partial charge in [-0.3, -0.25) is 9.36 Å². The summed E-state index contributed by atoms with van der Waals surface area (Å²) >= 11 is 7.54. The van der Waals surface area contributed by atoms with Crippen molar-refractivity contribution in [1.29, 1.82) is 0 Å². The highest BCUT2D eigenvalue weighted by Crippen LogP contribution is 2.26. The standard InChI is InChI=1S/C23H22ClN5O4S/c1-14-25-18-10-9-17(12-19(18)34-14)26-21-27-22(31)28(11-3-4-20(30)33-2)23(32)29(21)13-15-5-7-16(24)8-6-15/h5-10,12H,3-4,11,13H2,1-2H3,(H,26,27,31). The molecule has 0 amide bonds. The molecule has 11 heteroatoms. The van der Waals surface area contributed by atoms with Crippen molar-refractivity contribution >= 4 is 50.8 Å². The van der Waals surface area contributed by atoms with E-state index in [9.17, 15) is 14.4 Å². The molecule has 9 nitrogen and oxygen atoms in total. The molecule has 1 N–H and O–H groups in total. The van der Waals surface area contributed by atoms with E-state index >= 15 is 0 Å². The minimum Gasteiger partial charge on any atom is -0.469 e. The first-order valence-electron chi connectivity index (χ1n) is 10.5. The molecule has 0 aliphatic carbocycles. The zero-order valence-corrected chi connectivity index (χ0v) is 20.2. The lowest BCUT2D eigenvalue weighted by Gasteiger charge is -2.16. The number of thiazole rings is 1. The van der Waals surface area contributed by atoms with Gasteiger partial charge in [-0.15, -0.1) is 11.3 Å². The molecule has 0 aliphatic heterocycles. The Morgan fingerprint density at radius 2 is 1.88 bits per heavy atom. The monoisotopic (exact) mass is 499 g/mol. The highest BCUT2D eigenvalue weighted by Gasteiger charge is 2.15. The van der Waals surface area contributed by atoms with E-state index in [4.69, 9.17) is 11.6 Å². The number of hydrogen-bond acceptors (Lipinski definition) is 8. The van der Waals surface area contributed by atoms with E-state index in [0.29, 0.717) is 10.7 Å². The van der Waals surface area contributed by atoms with Crippen molar-refractivity contribution < 1.29 is 9.53 Å². The van der Waals surface area contributed by atoms with Crippen molar-refractivity contribution in [3.63, 3.8) is 0 Å². The third kappa shape index (κ3) is 5.35. The third-order valence-electron chi connectivity index (χ3n) is 5.15. The maximum Gasteiger partial charge on any atom is 0.354 e. The Morgan fingerprint density at radius 3 is 2.62 bits per heavy atom. The molecule has 4 rings (SSSR count). The number of methoxy groups -OCH3 is 1. The number of esters is 1. The van der Waals surface area contributed by atoms with Crippen molar-refractivity contribution in [2.45, 2.75) is 32.9 Å². The van der Waals surface area contributed by atoms with Crippen LogP contribution in [0.15, 0.2) is 52.1 Å². The van der Waals surface area contributed by atoms with Crippen LogP contribution >= 0.6 is 22.9 Å². The number of hydrogen-bond donors (Lipinski definition) is 1. The second-order valence-electron chi connectivity index (χ2n) is 7.58. The molecule has 176 valence electrons. The van der Waals surface area contributed by atoms with Crippen molar-refractivity contribution in [2.24, 2.45) is 0 Å². The normalized spacial score (nSPS) is 11.0. The van der Waals surface area contributed by atoms with Crippen LogP contribution in [0.25, 0.3) is 10.2 Å². The minimum absolute atomic E-state index is 0.0484. The highest BCUT2D eigenvalue weighted by molar-refractivity contribution is 7.18. The number of nitrogens with zero attached hydrogens (tertiary/aromatic N) is 4. The van der Waals surface area contributed by atoms with Crippen LogP contribution < -0.4 is 16.7 Å². The van der Waals surface area contributed by atoms with Crippen LogP contribution in [-0.4, -0.2) is 32.2 Å². The van der Waals surface area contributed by atoms with Crippen LogP contribution in [0.1, 0.15) is 23.4 Å². The number of rotatable bonds is 8. The number of anilines is 2. The van der Waals surface area contributed by atoms with Gasteiger partial charge in [-0.2, -0.15) is 4.98 Å². The fraction of sp³-hybridized carbons (Fsp3) is 0.261. The van der Waals surface area contributed by atoms with Gasteiger partial charge in [-0.1, -0.05) is 23.7 Å². The first-order valence-corrected chi connectivity index (χ1v) is 11.7. The van der Waals surface area contributed by atoms with Crippen LogP contribution in [0.4, 0.5) is 11.6 Å². The predicted molar refractivity (Wildman–Crippen MR) is 132 cm³/mol. The van der Waals surface area contributed by atoms with E-state index in [1.54, 1.807) is 35.6 Å². The number of aromatic nitrogens is 4. The number of aryl methyl sites for hydroxylation is 1. The highest BCUT2D eigenvalue weighted by atomic mass is 35.5. The Hall–Kier alpha value is -3.50. The predicted octanol–water partition coefficient (Wildman–Crippen LogP) is 3.72. The van der Waals surface area contributed by atoms with Gasteiger partial charge in [0.2, 0.25) is 5.95 Å². The van der Waals surface area contributed by atoms with Crippen molar-refractivity contribution in [3.8, 4) is 0 Å². The topological polar surface area (TPSA) is 108 Å². The molecule has 0 saturated carbocycles. The summed E-state index contributed by atoms with van der Waals surface area (Å²) in [4.78, 5) is 46.1. The smallest absolute Gasteiger partial charge is 0.354 e. The van der Waals surface area contributed by atoms with Gasteiger partial charge in [0.15, 0.2) is 0 Å². The van der Waals surface area contributed by atoms with Crippen molar-refractivity contribution in [3.05, 3.63) is 79.0 Å². The van der Waals surface area contributed by atoms with E-state index in [-0.39, 0.29) is 31.9 Å². The molecule has 0 bridgehead atoms. The first-order chi connectivity index (χ1) is 16.3. The Kier molecular flexibility index (Phi) is 7.09. The molecule has 0 saturated heterocycles. The molecular weight excluding hydrogens is 478 g/mol. The molecule has 2 aromatic carbocycles. The molecule has 0 spiro atoms. The number of halogens is 1. The van der Waals surface area contributed by atoms with Gasteiger partial charge >= 0.3 is 17.3 Å². The molecule has 0 atom stereocenters. The number of carbonyl (C=O) groups is 1. The molecular formula is C23H22ClN5O4S. The number of ether oxygens (including phenoxy) is 1. The van der Waals surface area contributed by atoms with Crippen LogP contribution in [0, 0.1) is 6.92 Å². The van der Waals surface area contributed by atoms with E-state index < -0.39 is 17.3 Å². The van der Waals surface area contributed by atoms with E-state index in [1.807, 2.05) is 25.1 Å². The zero-order chi connectivity index (χ0) is 24.2. The summed E-state index contributed by atoms with van der Waals surface area (Å²) in [7, 11) is 1.29. The number of nitrogens with one attached hydrogen (secondary N) is 1. The molecule has 4 aromatic rings. The Morgan fingerprint density at radius 1 is 1.12 bits per heavy atom. The second-order valence-corrected chi connectivity index (χ2v) is 9.26. The van der Waals surface area contributed by atoms with Gasteiger partial charge in [0, 0.05) is 23.7 Å². The summed E-state index contributed by atoms with van der Waals surface area (Å²) in [5.41, 5.74) is 1.14. The average Bonchev–Trinajstić information content (AvgIpc) is 3.19. The number of fused-ring (bicyclic) bond motifs is 1. The van der Waals surface area contributed by atoms with Crippen molar-refractivity contribution in [1.82, 2.24) is 19.1 Å². The molecule has 2 aromatic heterocycles. The van der Waals surface area contributed by atoms with Gasteiger partial charge in [0.25, 0.3) is 0 Å². The summed E-state index contributed by atoms with van der Waals surface area (Å²) in [6.07, 6.45) is 0.368. The lowest BCUT2D eigenvalue weighted by atomic mass is 10.2. The lowest BCUT2D eigenvalue weighted by Crippen LogP contribution is -2.42. The Bertz CT molecular complexity index is 1460. The van der Waals surface area contributed by atoms with E-state index in [2.05, 4.69) is 20.0 Å². The fourth-order valence-corrected chi connectivity index (χ4v) is 4.45. The second kappa shape index (κ2) is 10.2. The average molecular weight is 500 g/mol. The molecule has 0 radical (unpaired) electrons. The van der Waals surface area contributed by atoms with Gasteiger partial charge in [0.05, 0.1) is 28.9 Å². The quantitative estimate of drug-likeness (QED) is 0.368. The largest absolute Gasteiger partial charge is 0.469 e.